The number of likely N-dealkylation sites (N-methyl/N-ethyl adjacent to an activating group) is 1. The van der Waals surface area contributed by atoms with E-state index in [4.69, 9.17) is 4.74 Å². The monoisotopic (exact) mass is 474 g/mol. The molecule has 1 unspecified atom stereocenters. The van der Waals surface area contributed by atoms with Gasteiger partial charge in [0.25, 0.3) is 5.91 Å². The van der Waals surface area contributed by atoms with Crippen LogP contribution < -0.4 is 14.8 Å². The van der Waals surface area contributed by atoms with Gasteiger partial charge in [-0.2, -0.15) is 0 Å². The number of amides is 1. The third-order valence-electron chi connectivity index (χ3n) is 5.65. The third-order valence-corrected chi connectivity index (χ3v) is 7.33. The second-order valence-corrected chi connectivity index (χ2v) is 10.4. The molecular formula is C24H34N4O4S. The summed E-state index contributed by atoms with van der Waals surface area (Å²) in [5, 5.41) is 3.11. The smallest absolute Gasteiger partial charge is 0.251 e. The van der Waals surface area contributed by atoms with Crippen LogP contribution in [0.4, 0.5) is 0 Å². The van der Waals surface area contributed by atoms with Crippen molar-refractivity contribution >= 4 is 15.9 Å². The predicted octanol–water partition coefficient (Wildman–Crippen LogP) is 2.10. The van der Waals surface area contributed by atoms with Crippen molar-refractivity contribution in [2.75, 3.05) is 46.9 Å². The Balaban J connectivity index is 1.85. The van der Waals surface area contributed by atoms with Crippen molar-refractivity contribution in [2.45, 2.75) is 30.8 Å². The maximum atomic E-state index is 13.2. The van der Waals surface area contributed by atoms with E-state index in [1.807, 2.05) is 30.3 Å². The Bertz CT molecular complexity index is 1040. The zero-order valence-corrected chi connectivity index (χ0v) is 20.6. The Morgan fingerprint density at radius 2 is 1.73 bits per heavy atom. The van der Waals surface area contributed by atoms with Crippen molar-refractivity contribution in [1.82, 2.24) is 19.8 Å². The summed E-state index contributed by atoms with van der Waals surface area (Å²) in [6.45, 7) is 7.99. The third kappa shape index (κ3) is 6.77. The van der Waals surface area contributed by atoms with Gasteiger partial charge in [-0.3, -0.25) is 9.69 Å². The average Bonchev–Trinajstić information content (AvgIpc) is 2.79. The van der Waals surface area contributed by atoms with Crippen molar-refractivity contribution in [3.8, 4) is 5.75 Å². The number of carbonyl (C=O) groups excluding carboxylic acids is 1. The van der Waals surface area contributed by atoms with Gasteiger partial charge in [-0.25, -0.2) is 13.1 Å². The lowest BCUT2D eigenvalue weighted by atomic mass is 10.0. The molecule has 180 valence electrons. The number of rotatable bonds is 9. The molecule has 0 spiro atoms. The molecule has 1 aliphatic heterocycles. The first kappa shape index (κ1) is 25.2. The Morgan fingerprint density at radius 1 is 1.06 bits per heavy atom. The van der Waals surface area contributed by atoms with E-state index >= 15 is 0 Å². The normalized spacial score (nSPS) is 16.5. The number of hydrogen-bond donors (Lipinski definition) is 2. The van der Waals surface area contributed by atoms with Crippen LogP contribution in [-0.4, -0.2) is 77.0 Å². The molecule has 1 heterocycles. The molecule has 0 aromatic heterocycles. The summed E-state index contributed by atoms with van der Waals surface area (Å²) in [7, 11) is -0.319. The second-order valence-electron chi connectivity index (χ2n) is 8.68. The van der Waals surface area contributed by atoms with E-state index in [-0.39, 0.29) is 34.2 Å². The van der Waals surface area contributed by atoms with Gasteiger partial charge in [-0.1, -0.05) is 30.3 Å². The fourth-order valence-corrected chi connectivity index (χ4v) is 5.30. The van der Waals surface area contributed by atoms with Gasteiger partial charge < -0.3 is 15.0 Å². The van der Waals surface area contributed by atoms with Gasteiger partial charge in [0.05, 0.1) is 13.2 Å². The van der Waals surface area contributed by atoms with Gasteiger partial charge in [0, 0.05) is 44.3 Å². The summed E-state index contributed by atoms with van der Waals surface area (Å²) in [4.78, 5) is 17.8. The topological polar surface area (TPSA) is 91.0 Å². The maximum absolute atomic E-state index is 13.2. The summed E-state index contributed by atoms with van der Waals surface area (Å²) in [5.41, 5.74) is 1.27. The molecule has 2 N–H and O–H groups in total. The minimum Gasteiger partial charge on any atom is -0.495 e. The van der Waals surface area contributed by atoms with Crippen molar-refractivity contribution in [3.05, 3.63) is 59.7 Å². The Labute approximate surface area is 197 Å². The highest BCUT2D eigenvalue weighted by Gasteiger charge is 2.25. The van der Waals surface area contributed by atoms with Gasteiger partial charge >= 0.3 is 0 Å². The summed E-state index contributed by atoms with van der Waals surface area (Å²) >= 11 is 0. The molecule has 0 radical (unpaired) electrons. The first-order valence-corrected chi connectivity index (χ1v) is 12.6. The van der Waals surface area contributed by atoms with Gasteiger partial charge in [0.1, 0.15) is 10.6 Å². The van der Waals surface area contributed by atoms with Crippen LogP contribution in [0.1, 0.15) is 35.8 Å². The standard InChI is InChI=1S/C24H34N4O4S/c1-18(2)26-33(30,31)23-16-20(10-11-22(23)32-4)24(29)25-21(19-8-6-5-7-9-19)17-28-14-12-27(3)13-15-28/h5-11,16,18,21,26H,12-15,17H2,1-4H3,(H,25,29). The summed E-state index contributed by atoms with van der Waals surface area (Å²) < 4.78 is 33.4. The minimum atomic E-state index is -3.83. The summed E-state index contributed by atoms with van der Waals surface area (Å²) in [5.74, 6) is -0.140. The molecule has 3 rings (SSSR count). The number of piperazine rings is 1. The van der Waals surface area contributed by atoms with E-state index in [9.17, 15) is 13.2 Å². The Morgan fingerprint density at radius 3 is 2.33 bits per heavy atom. The molecule has 8 nitrogen and oxygen atoms in total. The predicted molar refractivity (Wildman–Crippen MR) is 129 cm³/mol. The van der Waals surface area contributed by atoms with E-state index < -0.39 is 10.0 Å². The van der Waals surface area contributed by atoms with Crippen LogP contribution in [0.25, 0.3) is 0 Å². The molecule has 9 heteroatoms. The molecule has 1 atom stereocenters. The number of carbonyl (C=O) groups is 1. The molecule has 2 aromatic rings. The lowest BCUT2D eigenvalue weighted by molar-refractivity contribution is 0.0907. The van der Waals surface area contributed by atoms with E-state index in [0.717, 1.165) is 31.7 Å². The molecule has 33 heavy (non-hydrogen) atoms. The van der Waals surface area contributed by atoms with E-state index in [1.165, 1.54) is 19.2 Å². The fraction of sp³-hybridized carbons (Fsp3) is 0.458. The van der Waals surface area contributed by atoms with Crippen LogP contribution in [0, 0.1) is 0 Å². The van der Waals surface area contributed by atoms with Crippen LogP contribution in [0.5, 0.6) is 5.75 Å². The minimum absolute atomic E-state index is 0.0540. The SMILES string of the molecule is COc1ccc(C(=O)NC(CN2CCN(C)CC2)c2ccccc2)cc1S(=O)(=O)NC(C)C. The number of nitrogens with zero attached hydrogens (tertiary/aromatic N) is 2. The average molecular weight is 475 g/mol. The zero-order valence-electron chi connectivity index (χ0n) is 19.7. The molecule has 1 fully saturated rings. The van der Waals surface area contributed by atoms with Crippen LogP contribution in [0.15, 0.2) is 53.4 Å². The highest BCUT2D eigenvalue weighted by molar-refractivity contribution is 7.89. The molecule has 2 aromatic carbocycles. The quantitative estimate of drug-likeness (QED) is 0.579. The van der Waals surface area contributed by atoms with Crippen LogP contribution >= 0.6 is 0 Å². The van der Waals surface area contributed by atoms with Gasteiger partial charge in [-0.05, 0) is 44.7 Å². The fourth-order valence-electron chi connectivity index (χ4n) is 3.85. The highest BCUT2D eigenvalue weighted by Crippen LogP contribution is 2.26. The summed E-state index contributed by atoms with van der Waals surface area (Å²) in [6, 6.07) is 13.8. The molecule has 1 amide bonds. The lowest BCUT2D eigenvalue weighted by Crippen LogP contribution is -2.47. The van der Waals surface area contributed by atoms with Crippen LogP contribution in [0.2, 0.25) is 0 Å². The number of sulfonamides is 1. The highest BCUT2D eigenvalue weighted by atomic mass is 32.2. The maximum Gasteiger partial charge on any atom is 0.251 e. The second kappa shape index (κ2) is 11.1. The van der Waals surface area contributed by atoms with E-state index in [2.05, 4.69) is 26.9 Å². The molecule has 0 bridgehead atoms. The van der Waals surface area contributed by atoms with Gasteiger partial charge in [0.15, 0.2) is 0 Å². The Hall–Kier alpha value is -2.46. The number of ether oxygens (including phenoxy) is 1. The van der Waals surface area contributed by atoms with Crippen molar-refractivity contribution in [3.63, 3.8) is 0 Å². The van der Waals surface area contributed by atoms with E-state index in [1.54, 1.807) is 19.9 Å². The number of nitrogens with one attached hydrogen (secondary N) is 2. The first-order chi connectivity index (χ1) is 15.7. The zero-order chi connectivity index (χ0) is 24.0. The largest absolute Gasteiger partial charge is 0.495 e. The van der Waals surface area contributed by atoms with Crippen molar-refractivity contribution in [1.29, 1.82) is 0 Å². The van der Waals surface area contributed by atoms with Crippen molar-refractivity contribution in [2.24, 2.45) is 0 Å². The van der Waals surface area contributed by atoms with Crippen molar-refractivity contribution < 1.29 is 17.9 Å². The Kier molecular flexibility index (Phi) is 8.47. The molecule has 0 aliphatic carbocycles. The number of benzene rings is 2. The number of hydrogen-bond acceptors (Lipinski definition) is 6. The first-order valence-electron chi connectivity index (χ1n) is 11.2. The molecule has 0 saturated carbocycles. The van der Waals surface area contributed by atoms with E-state index in [0.29, 0.717) is 6.54 Å². The number of methoxy groups -OCH3 is 1. The van der Waals surface area contributed by atoms with Crippen LogP contribution in [0.3, 0.4) is 0 Å². The van der Waals surface area contributed by atoms with Gasteiger partial charge in [-0.15, -0.1) is 0 Å². The molecule has 1 saturated heterocycles. The lowest BCUT2D eigenvalue weighted by Gasteiger charge is -2.35. The van der Waals surface area contributed by atoms with Crippen LogP contribution in [-0.2, 0) is 10.0 Å². The summed E-state index contributed by atoms with van der Waals surface area (Å²) in [6.07, 6.45) is 0. The van der Waals surface area contributed by atoms with Gasteiger partial charge in [0.2, 0.25) is 10.0 Å². The molecular weight excluding hydrogens is 440 g/mol. The molecule has 1 aliphatic rings.